The molecule has 3 aliphatic rings. The quantitative estimate of drug-likeness (QED) is 0.712. The van der Waals surface area contributed by atoms with Crippen molar-refractivity contribution in [3.05, 3.63) is 0 Å². The van der Waals surface area contributed by atoms with Gasteiger partial charge in [0, 0.05) is 38.1 Å². The van der Waals surface area contributed by atoms with Crippen LogP contribution in [-0.2, 0) is 4.79 Å². The number of amides is 1. The van der Waals surface area contributed by atoms with E-state index >= 15 is 0 Å². The molecule has 3 saturated heterocycles. The summed E-state index contributed by atoms with van der Waals surface area (Å²) >= 11 is 0. The van der Waals surface area contributed by atoms with Gasteiger partial charge in [0.1, 0.15) is 0 Å². The topological polar surface area (TPSA) is 35.6 Å². The predicted octanol–water partition coefficient (Wildman–Crippen LogP) is 4.00. The Bertz CT molecular complexity index is 514. The molecule has 0 spiro atoms. The minimum atomic E-state index is 0.263. The smallest absolute Gasteiger partial charge is 0.219 e. The Morgan fingerprint density at radius 2 is 1.86 bits per heavy atom. The molecule has 1 N–H and O–H groups in total. The highest BCUT2D eigenvalue weighted by Crippen LogP contribution is 2.38. The van der Waals surface area contributed by atoms with Gasteiger partial charge in [0.25, 0.3) is 0 Å². The van der Waals surface area contributed by atoms with Crippen molar-refractivity contribution in [3.8, 4) is 0 Å². The Labute approximate surface area is 173 Å². The van der Waals surface area contributed by atoms with Gasteiger partial charge in [0.2, 0.25) is 5.91 Å². The third-order valence-corrected chi connectivity index (χ3v) is 7.93. The van der Waals surface area contributed by atoms with Crippen LogP contribution in [0.1, 0.15) is 73.6 Å². The first-order valence-electron chi connectivity index (χ1n) is 12.0. The van der Waals surface area contributed by atoms with Gasteiger partial charge in [0.15, 0.2) is 0 Å². The standard InChI is InChI=1S/C24H45N3O/c1-16(2)23-13-20(15-27(23)19(6)28)14-26-11-9-21(24(26)17(3)4)12-18(5)22-8-7-10-25-22/h16-18,20-25H,7-15H2,1-6H3. The van der Waals surface area contributed by atoms with Crippen LogP contribution in [0.2, 0.25) is 0 Å². The van der Waals surface area contributed by atoms with Crippen LogP contribution in [-0.4, -0.2) is 60.0 Å². The van der Waals surface area contributed by atoms with Crippen molar-refractivity contribution in [2.24, 2.45) is 29.6 Å². The van der Waals surface area contributed by atoms with E-state index in [0.717, 1.165) is 24.4 Å². The number of hydrogen-bond donors (Lipinski definition) is 1. The van der Waals surface area contributed by atoms with E-state index in [1.54, 1.807) is 6.92 Å². The van der Waals surface area contributed by atoms with Crippen molar-refractivity contribution in [1.82, 2.24) is 15.1 Å². The molecule has 0 saturated carbocycles. The summed E-state index contributed by atoms with van der Waals surface area (Å²) in [6.45, 7) is 18.2. The molecule has 6 atom stereocenters. The number of hydrogen-bond acceptors (Lipinski definition) is 3. The molecule has 0 aromatic heterocycles. The summed E-state index contributed by atoms with van der Waals surface area (Å²) in [6.07, 6.45) is 6.63. The Morgan fingerprint density at radius 3 is 2.39 bits per heavy atom. The second-order valence-corrected chi connectivity index (χ2v) is 10.8. The van der Waals surface area contributed by atoms with Crippen LogP contribution in [0, 0.1) is 29.6 Å². The Kier molecular flexibility index (Phi) is 7.47. The SMILES string of the molecule is CC(=O)N1CC(CN2CCC(CC(C)C3CCCN3)C2C(C)C)CC1C(C)C. The van der Waals surface area contributed by atoms with Crippen LogP contribution < -0.4 is 5.32 Å². The van der Waals surface area contributed by atoms with E-state index in [-0.39, 0.29) is 5.91 Å². The van der Waals surface area contributed by atoms with E-state index in [9.17, 15) is 4.79 Å². The fourth-order valence-electron chi connectivity index (χ4n) is 6.64. The summed E-state index contributed by atoms with van der Waals surface area (Å²) < 4.78 is 0. The van der Waals surface area contributed by atoms with Crippen molar-refractivity contribution < 1.29 is 4.79 Å². The van der Waals surface area contributed by atoms with E-state index < -0.39 is 0 Å². The van der Waals surface area contributed by atoms with Crippen molar-refractivity contribution in [1.29, 1.82) is 0 Å². The summed E-state index contributed by atoms with van der Waals surface area (Å²) in [5.74, 6) is 3.80. The first kappa shape index (κ1) is 22.1. The summed E-state index contributed by atoms with van der Waals surface area (Å²) in [6, 6.07) is 1.90. The van der Waals surface area contributed by atoms with E-state index in [1.807, 2.05) is 0 Å². The zero-order valence-corrected chi connectivity index (χ0v) is 19.3. The largest absolute Gasteiger partial charge is 0.339 e. The zero-order chi connectivity index (χ0) is 20.4. The molecule has 3 fully saturated rings. The lowest BCUT2D eigenvalue weighted by Crippen LogP contribution is -2.41. The first-order valence-corrected chi connectivity index (χ1v) is 12.0. The second-order valence-electron chi connectivity index (χ2n) is 10.8. The average Bonchev–Trinajstić information content (AvgIpc) is 3.34. The molecule has 4 nitrogen and oxygen atoms in total. The summed E-state index contributed by atoms with van der Waals surface area (Å²) in [5, 5.41) is 3.72. The van der Waals surface area contributed by atoms with Crippen LogP contribution in [0.5, 0.6) is 0 Å². The van der Waals surface area contributed by atoms with Crippen molar-refractivity contribution in [3.63, 3.8) is 0 Å². The van der Waals surface area contributed by atoms with Crippen LogP contribution >= 0.6 is 0 Å². The second kappa shape index (κ2) is 9.47. The maximum Gasteiger partial charge on any atom is 0.219 e. The third kappa shape index (κ3) is 4.92. The maximum atomic E-state index is 12.1. The van der Waals surface area contributed by atoms with Gasteiger partial charge in [-0.25, -0.2) is 0 Å². The molecule has 0 aliphatic carbocycles. The van der Waals surface area contributed by atoms with Gasteiger partial charge < -0.3 is 10.2 Å². The van der Waals surface area contributed by atoms with E-state index in [2.05, 4.69) is 49.7 Å². The van der Waals surface area contributed by atoms with Crippen LogP contribution in [0.15, 0.2) is 0 Å². The minimum absolute atomic E-state index is 0.263. The molecule has 6 unspecified atom stereocenters. The van der Waals surface area contributed by atoms with Gasteiger partial charge in [-0.15, -0.1) is 0 Å². The minimum Gasteiger partial charge on any atom is -0.339 e. The molecule has 0 radical (unpaired) electrons. The average molecular weight is 392 g/mol. The molecule has 0 aromatic rings. The van der Waals surface area contributed by atoms with Crippen molar-refractivity contribution >= 4 is 5.91 Å². The van der Waals surface area contributed by atoms with E-state index in [1.165, 1.54) is 51.7 Å². The molecule has 3 heterocycles. The summed E-state index contributed by atoms with van der Waals surface area (Å²) in [5.41, 5.74) is 0. The lowest BCUT2D eigenvalue weighted by Gasteiger charge is -2.35. The van der Waals surface area contributed by atoms with E-state index in [4.69, 9.17) is 0 Å². The number of nitrogens with zero attached hydrogens (tertiary/aromatic N) is 2. The normalized spacial score (nSPS) is 35.4. The Morgan fingerprint density at radius 1 is 1.11 bits per heavy atom. The molecular formula is C24H45N3O. The molecule has 3 rings (SSSR count). The molecule has 1 amide bonds. The fourth-order valence-corrected chi connectivity index (χ4v) is 6.64. The molecule has 4 heteroatoms. The van der Waals surface area contributed by atoms with Gasteiger partial charge in [-0.2, -0.15) is 0 Å². The molecule has 162 valence electrons. The van der Waals surface area contributed by atoms with E-state index in [0.29, 0.717) is 29.8 Å². The molecular weight excluding hydrogens is 346 g/mol. The Balaban J connectivity index is 1.60. The van der Waals surface area contributed by atoms with Crippen LogP contribution in [0.3, 0.4) is 0 Å². The number of carbonyl (C=O) groups excluding carboxylic acids is 1. The highest BCUT2D eigenvalue weighted by molar-refractivity contribution is 5.74. The molecule has 0 aromatic carbocycles. The van der Waals surface area contributed by atoms with Crippen LogP contribution in [0.4, 0.5) is 0 Å². The van der Waals surface area contributed by atoms with Gasteiger partial charge in [-0.05, 0) is 74.8 Å². The first-order chi connectivity index (χ1) is 13.3. The summed E-state index contributed by atoms with van der Waals surface area (Å²) in [4.78, 5) is 17.1. The predicted molar refractivity (Wildman–Crippen MR) is 117 cm³/mol. The fraction of sp³-hybridized carbons (Fsp3) is 0.958. The monoisotopic (exact) mass is 391 g/mol. The molecule has 0 bridgehead atoms. The highest BCUT2D eigenvalue weighted by Gasteiger charge is 2.41. The number of rotatable bonds is 7. The maximum absolute atomic E-state index is 12.1. The zero-order valence-electron chi connectivity index (χ0n) is 19.3. The van der Waals surface area contributed by atoms with Gasteiger partial charge in [0.05, 0.1) is 0 Å². The summed E-state index contributed by atoms with van der Waals surface area (Å²) in [7, 11) is 0. The van der Waals surface area contributed by atoms with Crippen molar-refractivity contribution in [2.75, 3.05) is 26.2 Å². The van der Waals surface area contributed by atoms with Gasteiger partial charge >= 0.3 is 0 Å². The van der Waals surface area contributed by atoms with Gasteiger partial charge in [-0.1, -0.05) is 34.6 Å². The molecule has 3 aliphatic heterocycles. The third-order valence-electron chi connectivity index (χ3n) is 7.93. The number of nitrogens with one attached hydrogen (secondary N) is 1. The lowest BCUT2D eigenvalue weighted by atomic mass is 9.82. The van der Waals surface area contributed by atoms with Crippen molar-refractivity contribution in [2.45, 2.75) is 91.8 Å². The lowest BCUT2D eigenvalue weighted by molar-refractivity contribution is -0.130. The molecule has 28 heavy (non-hydrogen) atoms. The van der Waals surface area contributed by atoms with Gasteiger partial charge in [-0.3, -0.25) is 9.69 Å². The number of likely N-dealkylation sites (tertiary alicyclic amines) is 2. The number of carbonyl (C=O) groups is 1. The highest BCUT2D eigenvalue weighted by atomic mass is 16.2. The van der Waals surface area contributed by atoms with Crippen LogP contribution in [0.25, 0.3) is 0 Å². The Hall–Kier alpha value is -0.610.